The first-order chi connectivity index (χ1) is 17.0. The molecule has 36 heavy (non-hydrogen) atoms. The van der Waals surface area contributed by atoms with E-state index in [1.54, 1.807) is 32.3 Å². The van der Waals surface area contributed by atoms with Crippen LogP contribution in [0.5, 0.6) is 5.75 Å². The van der Waals surface area contributed by atoms with E-state index in [4.69, 9.17) is 9.47 Å². The molecule has 2 atom stereocenters. The van der Waals surface area contributed by atoms with E-state index in [0.29, 0.717) is 28.4 Å². The molecule has 2 amide bonds. The lowest BCUT2D eigenvalue weighted by Crippen LogP contribution is -2.27. The van der Waals surface area contributed by atoms with Crippen molar-refractivity contribution >= 4 is 23.3 Å². The van der Waals surface area contributed by atoms with Gasteiger partial charge in [-0.2, -0.15) is 13.2 Å². The molecule has 190 valence electrons. The second kappa shape index (κ2) is 10.1. The number of likely N-dealkylation sites (N-methyl/N-ethyl adjacent to an activating group) is 1. The van der Waals surface area contributed by atoms with Crippen LogP contribution < -0.4 is 10.1 Å². The zero-order chi connectivity index (χ0) is 26.0. The molecule has 2 aromatic heterocycles. The number of benzene rings is 1. The maximum Gasteiger partial charge on any atom is 0.451 e. The summed E-state index contributed by atoms with van der Waals surface area (Å²) in [5, 5.41) is 3.43. The third kappa shape index (κ3) is 5.90. The van der Waals surface area contributed by atoms with Gasteiger partial charge in [0.25, 0.3) is 5.91 Å². The number of rotatable bonds is 7. The van der Waals surface area contributed by atoms with E-state index in [2.05, 4.69) is 20.3 Å². The van der Waals surface area contributed by atoms with Gasteiger partial charge in [-0.1, -0.05) is 0 Å². The van der Waals surface area contributed by atoms with E-state index >= 15 is 0 Å². The average Bonchev–Trinajstić information content (AvgIpc) is 3.41. The van der Waals surface area contributed by atoms with Gasteiger partial charge in [-0.05, 0) is 32.0 Å². The molecule has 9 nitrogen and oxygen atoms in total. The summed E-state index contributed by atoms with van der Waals surface area (Å²) >= 11 is 1.45. The van der Waals surface area contributed by atoms with Crippen LogP contribution in [0.2, 0.25) is 0 Å². The monoisotopic (exact) mass is 521 g/mol. The van der Waals surface area contributed by atoms with Crippen LogP contribution in [0, 0.1) is 6.92 Å². The molecule has 3 aromatic rings. The summed E-state index contributed by atoms with van der Waals surface area (Å²) in [5.41, 5.74) is 1.23. The van der Waals surface area contributed by atoms with Crippen LogP contribution >= 0.6 is 11.3 Å². The van der Waals surface area contributed by atoms with Crippen LogP contribution in [-0.4, -0.2) is 58.2 Å². The van der Waals surface area contributed by atoms with Gasteiger partial charge in [0.05, 0.1) is 12.6 Å². The fourth-order valence-electron chi connectivity index (χ4n) is 3.42. The van der Waals surface area contributed by atoms with Crippen molar-refractivity contribution in [3.63, 3.8) is 0 Å². The van der Waals surface area contributed by atoms with Crippen molar-refractivity contribution in [3.8, 4) is 16.3 Å². The quantitative estimate of drug-likeness (QED) is 0.496. The van der Waals surface area contributed by atoms with E-state index in [0.717, 1.165) is 17.3 Å². The Hall–Kier alpha value is -3.74. The van der Waals surface area contributed by atoms with Gasteiger partial charge < -0.3 is 19.7 Å². The highest BCUT2D eigenvalue weighted by Crippen LogP contribution is 2.30. The smallest absolute Gasteiger partial charge is 0.451 e. The molecule has 0 radical (unpaired) electrons. The second-order valence-electron chi connectivity index (χ2n) is 8.25. The number of thiazole rings is 1. The minimum absolute atomic E-state index is 0.0940. The Morgan fingerprint density at radius 2 is 1.97 bits per heavy atom. The molecular formula is C23H22F3N5O4S. The SMILES string of the molecule is Cc1cnc(-c2cc(OC[C@@H]3CN(C)C(=O)O3)cc(C(=O)N[C@H](C)c3cnc(C(F)(F)F)nc3)c2)s1. The molecule has 0 aliphatic carbocycles. The minimum atomic E-state index is -4.65. The number of ether oxygens (including phenoxy) is 2. The van der Waals surface area contributed by atoms with Crippen LogP contribution in [0.25, 0.3) is 10.6 Å². The molecule has 1 saturated heterocycles. The lowest BCUT2D eigenvalue weighted by atomic mass is 10.1. The summed E-state index contributed by atoms with van der Waals surface area (Å²) in [6, 6.07) is 4.27. The lowest BCUT2D eigenvalue weighted by molar-refractivity contribution is -0.145. The fourth-order valence-corrected chi connectivity index (χ4v) is 4.17. The standard InChI is InChI=1S/C23H22F3N5O4S/c1-12-7-27-20(36-12)15-4-14(5-17(6-15)34-11-18-10-31(3)22(33)35-18)19(32)30-13(2)16-8-28-21(29-9-16)23(24,25)26/h4-9,13,18H,10-11H2,1-3H3,(H,30,32)/t13-,18+/m1/s1. The Balaban J connectivity index is 1.53. The van der Waals surface area contributed by atoms with Crippen LogP contribution in [0.3, 0.4) is 0 Å². The third-order valence-electron chi connectivity index (χ3n) is 5.30. The van der Waals surface area contributed by atoms with E-state index < -0.39 is 36.1 Å². The average molecular weight is 522 g/mol. The number of nitrogens with zero attached hydrogens (tertiary/aromatic N) is 4. The Labute approximate surface area is 208 Å². The maximum absolute atomic E-state index is 13.1. The van der Waals surface area contributed by atoms with Crippen molar-refractivity contribution in [2.45, 2.75) is 32.2 Å². The van der Waals surface area contributed by atoms with Gasteiger partial charge in [0, 0.05) is 47.2 Å². The highest BCUT2D eigenvalue weighted by Gasteiger charge is 2.34. The van der Waals surface area contributed by atoms with Crippen LogP contribution in [0.4, 0.5) is 18.0 Å². The molecule has 0 unspecified atom stereocenters. The Bertz CT molecular complexity index is 1270. The maximum atomic E-state index is 13.1. The molecule has 0 bridgehead atoms. The number of halogens is 3. The Morgan fingerprint density at radius 3 is 2.56 bits per heavy atom. The van der Waals surface area contributed by atoms with Gasteiger partial charge in [0.15, 0.2) is 6.10 Å². The summed E-state index contributed by atoms with van der Waals surface area (Å²) in [5.74, 6) is -1.35. The highest BCUT2D eigenvalue weighted by atomic mass is 32.1. The van der Waals surface area contributed by atoms with Crippen molar-refractivity contribution in [1.82, 2.24) is 25.2 Å². The van der Waals surface area contributed by atoms with Gasteiger partial charge in [-0.15, -0.1) is 11.3 Å². The third-order valence-corrected chi connectivity index (χ3v) is 6.26. The number of aryl methyl sites for hydroxylation is 1. The minimum Gasteiger partial charge on any atom is -0.490 e. The van der Waals surface area contributed by atoms with Crippen molar-refractivity contribution in [1.29, 1.82) is 0 Å². The lowest BCUT2D eigenvalue weighted by Gasteiger charge is -2.16. The van der Waals surface area contributed by atoms with Crippen molar-refractivity contribution < 1.29 is 32.2 Å². The first-order valence-corrected chi connectivity index (χ1v) is 11.6. The predicted molar refractivity (Wildman–Crippen MR) is 124 cm³/mol. The zero-order valence-electron chi connectivity index (χ0n) is 19.5. The Morgan fingerprint density at radius 1 is 1.25 bits per heavy atom. The molecule has 0 spiro atoms. The summed E-state index contributed by atoms with van der Waals surface area (Å²) in [6.07, 6.45) is -1.76. The number of hydrogen-bond donors (Lipinski definition) is 1. The van der Waals surface area contributed by atoms with Crippen molar-refractivity contribution in [2.24, 2.45) is 0 Å². The number of amides is 2. The number of alkyl halides is 3. The number of carbonyl (C=O) groups is 2. The van der Waals surface area contributed by atoms with Gasteiger partial charge in [0.1, 0.15) is 17.4 Å². The molecular weight excluding hydrogens is 499 g/mol. The van der Waals surface area contributed by atoms with Crippen LogP contribution in [0.1, 0.15) is 39.6 Å². The van der Waals surface area contributed by atoms with Crippen molar-refractivity contribution in [3.05, 3.63) is 58.6 Å². The first-order valence-electron chi connectivity index (χ1n) is 10.8. The summed E-state index contributed by atoms with van der Waals surface area (Å²) in [6.45, 7) is 4.00. The molecule has 1 aliphatic heterocycles. The molecule has 1 fully saturated rings. The molecule has 1 aromatic carbocycles. The van der Waals surface area contributed by atoms with E-state index in [1.807, 2.05) is 6.92 Å². The summed E-state index contributed by atoms with van der Waals surface area (Å²) in [4.78, 5) is 38.1. The van der Waals surface area contributed by atoms with E-state index in [-0.39, 0.29) is 12.2 Å². The predicted octanol–water partition coefficient (Wildman–Crippen LogP) is 4.25. The van der Waals surface area contributed by atoms with Crippen LogP contribution in [-0.2, 0) is 10.9 Å². The normalized spacial score (nSPS) is 16.6. The van der Waals surface area contributed by atoms with E-state index in [9.17, 15) is 22.8 Å². The Kier molecular flexibility index (Phi) is 7.11. The number of aromatic nitrogens is 3. The number of hydrogen-bond acceptors (Lipinski definition) is 8. The topological polar surface area (TPSA) is 107 Å². The number of nitrogens with one attached hydrogen (secondary N) is 1. The molecule has 1 aliphatic rings. The van der Waals surface area contributed by atoms with Gasteiger partial charge in [0.2, 0.25) is 5.82 Å². The number of carbonyl (C=O) groups excluding carboxylic acids is 2. The summed E-state index contributed by atoms with van der Waals surface area (Å²) in [7, 11) is 1.62. The summed E-state index contributed by atoms with van der Waals surface area (Å²) < 4.78 is 49.3. The van der Waals surface area contributed by atoms with Gasteiger partial charge in [-0.3, -0.25) is 4.79 Å². The molecule has 0 saturated carbocycles. The highest BCUT2D eigenvalue weighted by molar-refractivity contribution is 7.14. The van der Waals surface area contributed by atoms with Gasteiger partial charge >= 0.3 is 12.3 Å². The van der Waals surface area contributed by atoms with Crippen molar-refractivity contribution in [2.75, 3.05) is 20.2 Å². The first kappa shape index (κ1) is 25.4. The molecule has 3 heterocycles. The second-order valence-corrected chi connectivity index (χ2v) is 9.49. The molecule has 4 rings (SSSR count). The zero-order valence-corrected chi connectivity index (χ0v) is 20.3. The molecule has 13 heteroatoms. The van der Waals surface area contributed by atoms with Crippen LogP contribution in [0.15, 0.2) is 36.8 Å². The number of cyclic esters (lactones) is 1. The van der Waals surface area contributed by atoms with E-state index in [1.165, 1.54) is 22.3 Å². The molecule has 1 N–H and O–H groups in total. The largest absolute Gasteiger partial charge is 0.490 e. The van der Waals surface area contributed by atoms with Gasteiger partial charge in [-0.25, -0.2) is 19.7 Å². The fraction of sp³-hybridized carbons (Fsp3) is 0.348.